The molecule has 6 nitrogen and oxygen atoms in total. The molecule has 0 spiro atoms. The van der Waals surface area contributed by atoms with Crippen LogP contribution < -0.4 is 10.2 Å². The number of hydrogen-bond donors (Lipinski definition) is 1. The molecule has 1 aliphatic heterocycles. The summed E-state index contributed by atoms with van der Waals surface area (Å²) < 4.78 is 5.10. The average molecular weight is 421 g/mol. The number of hydrogen-bond acceptors (Lipinski definition) is 4. The fourth-order valence-corrected chi connectivity index (χ4v) is 3.20. The smallest absolute Gasteiger partial charge is 0.311 e. The predicted octanol–water partition coefficient (Wildman–Crippen LogP) is 3.84. The number of anilines is 2. The van der Waals surface area contributed by atoms with E-state index in [0.717, 1.165) is 5.56 Å². The van der Waals surface area contributed by atoms with Gasteiger partial charge in [0.2, 0.25) is 5.91 Å². The topological polar surface area (TPSA) is 75.7 Å². The van der Waals surface area contributed by atoms with Crippen LogP contribution in [-0.2, 0) is 19.1 Å². The molecule has 1 heterocycles. The molecule has 3 rings (SSSR count). The van der Waals surface area contributed by atoms with Crippen molar-refractivity contribution < 1.29 is 19.1 Å². The molecule has 2 amide bonds. The number of esters is 1. The zero-order valence-electron chi connectivity index (χ0n) is 15.1. The average Bonchev–Trinajstić information content (AvgIpc) is 3.05. The van der Waals surface area contributed by atoms with Gasteiger partial charge in [0.1, 0.15) is 0 Å². The lowest BCUT2D eigenvalue weighted by Crippen LogP contribution is -2.28. The highest BCUT2D eigenvalue weighted by Crippen LogP contribution is 2.27. The van der Waals surface area contributed by atoms with Crippen LogP contribution in [-0.4, -0.2) is 30.9 Å². The maximum Gasteiger partial charge on any atom is 0.311 e. The molecule has 1 N–H and O–H groups in total. The number of aryl methyl sites for hydroxylation is 1. The third-order valence-electron chi connectivity index (χ3n) is 4.42. The number of ether oxygens (including phenoxy) is 1. The SMILES string of the molecule is Cc1ccc(Cl)cc1NC(=O)COC(=O)[C@@H]1CC(=O)N(c2ccc(Cl)cc2)C1. The van der Waals surface area contributed by atoms with Crippen LogP contribution in [0.25, 0.3) is 0 Å². The van der Waals surface area contributed by atoms with Gasteiger partial charge in [0, 0.05) is 34.4 Å². The van der Waals surface area contributed by atoms with E-state index in [0.29, 0.717) is 21.4 Å². The highest BCUT2D eigenvalue weighted by Gasteiger charge is 2.36. The molecule has 1 saturated heterocycles. The Hall–Kier alpha value is -2.57. The molecule has 2 aromatic carbocycles. The molecule has 28 heavy (non-hydrogen) atoms. The van der Waals surface area contributed by atoms with Gasteiger partial charge in [-0.15, -0.1) is 0 Å². The van der Waals surface area contributed by atoms with Gasteiger partial charge in [0.15, 0.2) is 6.61 Å². The Morgan fingerprint density at radius 1 is 1.14 bits per heavy atom. The van der Waals surface area contributed by atoms with Crippen LogP contribution in [0.15, 0.2) is 42.5 Å². The van der Waals surface area contributed by atoms with Crippen LogP contribution in [0.4, 0.5) is 11.4 Å². The summed E-state index contributed by atoms with van der Waals surface area (Å²) in [7, 11) is 0. The van der Waals surface area contributed by atoms with Gasteiger partial charge in [-0.3, -0.25) is 14.4 Å². The van der Waals surface area contributed by atoms with E-state index >= 15 is 0 Å². The molecule has 0 radical (unpaired) electrons. The standard InChI is InChI=1S/C20H18Cl2N2O4/c1-12-2-3-15(22)9-17(12)23-18(25)11-28-20(27)13-8-19(26)24(10-13)16-6-4-14(21)5-7-16/h2-7,9,13H,8,10-11H2,1H3,(H,23,25)/t13-/m1/s1. The molecule has 0 aliphatic carbocycles. The zero-order chi connectivity index (χ0) is 20.3. The van der Waals surface area contributed by atoms with Crippen LogP contribution in [0.2, 0.25) is 10.0 Å². The van der Waals surface area contributed by atoms with E-state index in [1.165, 1.54) is 4.90 Å². The quantitative estimate of drug-likeness (QED) is 0.745. The van der Waals surface area contributed by atoms with Gasteiger partial charge in [-0.2, -0.15) is 0 Å². The second-order valence-electron chi connectivity index (χ2n) is 6.50. The fourth-order valence-electron chi connectivity index (χ4n) is 2.91. The summed E-state index contributed by atoms with van der Waals surface area (Å²) in [5.74, 6) is -1.85. The lowest BCUT2D eigenvalue weighted by molar-refractivity contribution is -0.151. The van der Waals surface area contributed by atoms with Gasteiger partial charge in [-0.05, 0) is 48.9 Å². The van der Waals surface area contributed by atoms with Gasteiger partial charge in [-0.1, -0.05) is 29.3 Å². The summed E-state index contributed by atoms with van der Waals surface area (Å²) in [6, 6.07) is 11.9. The Balaban J connectivity index is 1.53. The minimum Gasteiger partial charge on any atom is -0.455 e. The molecule has 0 aromatic heterocycles. The predicted molar refractivity (Wildman–Crippen MR) is 108 cm³/mol. The number of nitrogens with zero attached hydrogens (tertiary/aromatic N) is 1. The van der Waals surface area contributed by atoms with Crippen molar-refractivity contribution in [2.24, 2.45) is 5.92 Å². The maximum absolute atomic E-state index is 12.3. The summed E-state index contributed by atoms with van der Waals surface area (Å²) in [6.07, 6.45) is 0.0382. The first kappa shape index (κ1) is 20.2. The van der Waals surface area contributed by atoms with Crippen molar-refractivity contribution in [3.63, 3.8) is 0 Å². The van der Waals surface area contributed by atoms with Crippen LogP contribution >= 0.6 is 23.2 Å². The second kappa shape index (κ2) is 8.63. The molecule has 1 fully saturated rings. The first-order valence-electron chi connectivity index (χ1n) is 8.62. The van der Waals surface area contributed by atoms with Crippen molar-refractivity contribution in [3.05, 3.63) is 58.1 Å². The molecule has 146 valence electrons. The number of amides is 2. The molecular formula is C20H18Cl2N2O4. The molecule has 0 unspecified atom stereocenters. The van der Waals surface area contributed by atoms with E-state index in [2.05, 4.69) is 5.32 Å². The lowest BCUT2D eigenvalue weighted by Gasteiger charge is -2.16. The molecule has 0 saturated carbocycles. The third-order valence-corrected chi connectivity index (χ3v) is 4.90. The summed E-state index contributed by atoms with van der Waals surface area (Å²) in [5, 5.41) is 3.71. The minimum absolute atomic E-state index is 0.0382. The Morgan fingerprint density at radius 2 is 1.82 bits per heavy atom. The van der Waals surface area contributed by atoms with Crippen molar-refractivity contribution in [2.75, 3.05) is 23.4 Å². The van der Waals surface area contributed by atoms with Crippen LogP contribution in [0.5, 0.6) is 0 Å². The Kier molecular flexibility index (Phi) is 6.21. The van der Waals surface area contributed by atoms with Gasteiger partial charge in [0.05, 0.1) is 5.92 Å². The molecule has 2 aromatic rings. The summed E-state index contributed by atoms with van der Waals surface area (Å²) >= 11 is 11.8. The summed E-state index contributed by atoms with van der Waals surface area (Å²) in [4.78, 5) is 38.1. The van der Waals surface area contributed by atoms with E-state index < -0.39 is 24.4 Å². The third kappa shape index (κ3) is 4.82. The van der Waals surface area contributed by atoms with Gasteiger partial charge in [0.25, 0.3) is 5.91 Å². The first-order valence-corrected chi connectivity index (χ1v) is 9.37. The minimum atomic E-state index is -0.621. The number of carbonyl (C=O) groups excluding carboxylic acids is 3. The Labute approximate surface area is 172 Å². The van der Waals surface area contributed by atoms with Gasteiger partial charge >= 0.3 is 5.97 Å². The summed E-state index contributed by atoms with van der Waals surface area (Å²) in [5.41, 5.74) is 2.06. The van der Waals surface area contributed by atoms with Crippen molar-refractivity contribution in [1.29, 1.82) is 0 Å². The number of benzene rings is 2. The van der Waals surface area contributed by atoms with Crippen molar-refractivity contribution in [1.82, 2.24) is 0 Å². The number of halogens is 2. The van der Waals surface area contributed by atoms with Gasteiger partial charge in [-0.25, -0.2) is 0 Å². The molecule has 1 atom stereocenters. The number of carbonyl (C=O) groups is 3. The van der Waals surface area contributed by atoms with Crippen molar-refractivity contribution in [3.8, 4) is 0 Å². The number of nitrogens with one attached hydrogen (secondary N) is 1. The largest absolute Gasteiger partial charge is 0.455 e. The van der Waals surface area contributed by atoms with E-state index in [1.54, 1.807) is 42.5 Å². The van der Waals surface area contributed by atoms with E-state index in [9.17, 15) is 14.4 Å². The highest BCUT2D eigenvalue weighted by atomic mass is 35.5. The molecular weight excluding hydrogens is 403 g/mol. The van der Waals surface area contributed by atoms with Gasteiger partial charge < -0.3 is 15.0 Å². The zero-order valence-corrected chi connectivity index (χ0v) is 16.6. The molecule has 1 aliphatic rings. The van der Waals surface area contributed by atoms with Crippen LogP contribution in [0, 0.1) is 12.8 Å². The van der Waals surface area contributed by atoms with E-state index in [4.69, 9.17) is 27.9 Å². The maximum atomic E-state index is 12.3. The Bertz CT molecular complexity index is 915. The van der Waals surface area contributed by atoms with E-state index in [1.807, 2.05) is 6.92 Å². The number of rotatable bonds is 5. The monoisotopic (exact) mass is 420 g/mol. The fraction of sp³-hybridized carbons (Fsp3) is 0.250. The lowest BCUT2D eigenvalue weighted by atomic mass is 10.1. The van der Waals surface area contributed by atoms with Crippen LogP contribution in [0.1, 0.15) is 12.0 Å². The molecule has 8 heteroatoms. The summed E-state index contributed by atoms with van der Waals surface area (Å²) in [6.45, 7) is 1.60. The van der Waals surface area contributed by atoms with E-state index in [-0.39, 0.29) is 18.9 Å². The highest BCUT2D eigenvalue weighted by molar-refractivity contribution is 6.31. The second-order valence-corrected chi connectivity index (χ2v) is 7.37. The van der Waals surface area contributed by atoms with Crippen molar-refractivity contribution in [2.45, 2.75) is 13.3 Å². The molecule has 0 bridgehead atoms. The normalized spacial score (nSPS) is 16.2. The Morgan fingerprint density at radius 3 is 2.54 bits per heavy atom. The van der Waals surface area contributed by atoms with Crippen molar-refractivity contribution >= 4 is 52.4 Å². The van der Waals surface area contributed by atoms with Crippen LogP contribution in [0.3, 0.4) is 0 Å². The first-order chi connectivity index (χ1) is 13.3.